The molecule has 0 radical (unpaired) electrons. The maximum atomic E-state index is 4.42. The molecule has 0 aliphatic carbocycles. The molecule has 2 heteroatoms. The van der Waals surface area contributed by atoms with Gasteiger partial charge in [-0.05, 0) is 11.8 Å². The monoisotopic (exact) mass is 157 g/mol. The summed E-state index contributed by atoms with van der Waals surface area (Å²) in [6, 6.07) is 0.558. The van der Waals surface area contributed by atoms with Crippen LogP contribution < -0.4 is 0 Å². The van der Waals surface area contributed by atoms with Crippen molar-refractivity contribution in [1.82, 2.24) is 0 Å². The first-order chi connectivity index (χ1) is 4.67. The Labute approximate surface area is 67.3 Å². The highest BCUT2D eigenvalue weighted by Gasteiger charge is 2.28. The van der Waals surface area contributed by atoms with E-state index in [1.807, 2.05) is 17.3 Å². The number of rotatable bonds is 2. The summed E-state index contributed by atoms with van der Waals surface area (Å²) in [7, 11) is 0. The van der Waals surface area contributed by atoms with E-state index in [2.05, 4.69) is 25.8 Å². The molecule has 10 heavy (non-hydrogen) atoms. The van der Waals surface area contributed by atoms with Crippen molar-refractivity contribution in [3.05, 3.63) is 0 Å². The maximum Gasteiger partial charge on any atom is 0.0650 e. The van der Waals surface area contributed by atoms with E-state index in [0.717, 1.165) is 0 Å². The molecule has 0 aromatic heterocycles. The molecule has 0 aromatic rings. The van der Waals surface area contributed by atoms with E-state index < -0.39 is 0 Å². The van der Waals surface area contributed by atoms with Crippen molar-refractivity contribution in [3.8, 4) is 0 Å². The van der Waals surface area contributed by atoms with Gasteiger partial charge in [-0.1, -0.05) is 20.8 Å². The van der Waals surface area contributed by atoms with Gasteiger partial charge in [-0.2, -0.15) is 0 Å². The molecule has 1 aliphatic heterocycles. The SMILES string of the molecule is CCC(C)(C)[C@@H]1CSC=N1. The second-order valence-electron chi connectivity index (χ2n) is 3.45. The highest BCUT2D eigenvalue weighted by atomic mass is 32.2. The maximum absolute atomic E-state index is 4.42. The van der Waals surface area contributed by atoms with Gasteiger partial charge in [-0.3, -0.25) is 4.99 Å². The van der Waals surface area contributed by atoms with E-state index in [1.165, 1.54) is 12.2 Å². The van der Waals surface area contributed by atoms with Gasteiger partial charge in [0.1, 0.15) is 0 Å². The first-order valence-electron chi connectivity index (χ1n) is 3.80. The third-order valence-electron chi connectivity index (χ3n) is 2.38. The second kappa shape index (κ2) is 2.95. The average Bonchev–Trinajstić information content (AvgIpc) is 2.38. The van der Waals surface area contributed by atoms with Crippen LogP contribution in [0.5, 0.6) is 0 Å². The average molecular weight is 157 g/mol. The van der Waals surface area contributed by atoms with E-state index in [9.17, 15) is 0 Å². The van der Waals surface area contributed by atoms with Gasteiger partial charge < -0.3 is 0 Å². The minimum Gasteiger partial charge on any atom is -0.282 e. The van der Waals surface area contributed by atoms with Crippen LogP contribution in [0.15, 0.2) is 4.99 Å². The van der Waals surface area contributed by atoms with Crippen LogP contribution in [0.25, 0.3) is 0 Å². The van der Waals surface area contributed by atoms with Crippen LogP contribution in [-0.2, 0) is 0 Å². The minimum atomic E-state index is 0.403. The summed E-state index contributed by atoms with van der Waals surface area (Å²) < 4.78 is 0. The molecule has 1 atom stereocenters. The Balaban J connectivity index is 2.54. The Morgan fingerprint density at radius 1 is 1.70 bits per heavy atom. The Bertz CT molecular complexity index is 140. The van der Waals surface area contributed by atoms with Crippen molar-refractivity contribution in [2.75, 3.05) is 5.75 Å². The first kappa shape index (κ1) is 8.12. The van der Waals surface area contributed by atoms with Gasteiger partial charge in [0.25, 0.3) is 0 Å². The molecule has 1 nitrogen and oxygen atoms in total. The van der Waals surface area contributed by atoms with Gasteiger partial charge in [0.15, 0.2) is 0 Å². The molecular formula is C8H15NS. The van der Waals surface area contributed by atoms with Crippen LogP contribution in [0.2, 0.25) is 0 Å². The molecule has 0 spiro atoms. The summed E-state index contributed by atoms with van der Waals surface area (Å²) in [5, 5.41) is 0. The van der Waals surface area contributed by atoms with Crippen molar-refractivity contribution in [2.45, 2.75) is 33.2 Å². The summed E-state index contributed by atoms with van der Waals surface area (Å²) in [4.78, 5) is 4.42. The molecule has 1 heterocycles. The number of aliphatic imine (C=N–C) groups is 1. The molecule has 0 amide bonds. The van der Waals surface area contributed by atoms with Crippen LogP contribution in [0.4, 0.5) is 0 Å². The lowest BCUT2D eigenvalue weighted by Crippen LogP contribution is -2.27. The Morgan fingerprint density at radius 3 is 2.80 bits per heavy atom. The topological polar surface area (TPSA) is 12.4 Å². The molecule has 0 saturated heterocycles. The normalized spacial score (nSPS) is 25.7. The third-order valence-corrected chi connectivity index (χ3v) is 3.16. The molecule has 1 rings (SSSR count). The molecule has 1 aliphatic rings. The summed E-state index contributed by atoms with van der Waals surface area (Å²) >= 11 is 1.83. The predicted octanol–water partition coefficient (Wildman–Crippen LogP) is 2.57. The lowest BCUT2D eigenvalue weighted by atomic mass is 9.83. The third kappa shape index (κ3) is 1.54. The number of thioether (sulfide) groups is 1. The minimum absolute atomic E-state index is 0.403. The van der Waals surface area contributed by atoms with Crippen LogP contribution in [-0.4, -0.2) is 17.3 Å². The fraction of sp³-hybridized carbons (Fsp3) is 0.875. The Hall–Kier alpha value is 0.0200. The molecule has 0 saturated carbocycles. The second-order valence-corrected chi connectivity index (χ2v) is 4.32. The van der Waals surface area contributed by atoms with E-state index in [0.29, 0.717) is 11.5 Å². The Kier molecular flexibility index (Phi) is 2.40. The van der Waals surface area contributed by atoms with Crippen molar-refractivity contribution in [2.24, 2.45) is 10.4 Å². The van der Waals surface area contributed by atoms with Crippen molar-refractivity contribution in [3.63, 3.8) is 0 Å². The van der Waals surface area contributed by atoms with Crippen molar-refractivity contribution < 1.29 is 0 Å². The number of hydrogen-bond donors (Lipinski definition) is 0. The van der Waals surface area contributed by atoms with E-state index in [4.69, 9.17) is 0 Å². The van der Waals surface area contributed by atoms with Crippen LogP contribution in [0.1, 0.15) is 27.2 Å². The van der Waals surface area contributed by atoms with Crippen LogP contribution in [0.3, 0.4) is 0 Å². The zero-order chi connectivity index (χ0) is 7.61. The van der Waals surface area contributed by atoms with Crippen molar-refractivity contribution >= 4 is 17.3 Å². The standard InChI is InChI=1S/C8H15NS/c1-4-8(2,3)7-5-10-6-9-7/h6-7H,4-5H2,1-3H3/t7-/m0/s1. The van der Waals surface area contributed by atoms with E-state index in [-0.39, 0.29) is 0 Å². The Morgan fingerprint density at radius 2 is 2.40 bits per heavy atom. The van der Waals surface area contributed by atoms with Gasteiger partial charge >= 0.3 is 0 Å². The zero-order valence-corrected chi connectivity index (χ0v) is 7.74. The summed E-state index contributed by atoms with van der Waals surface area (Å²) in [6.07, 6.45) is 1.22. The van der Waals surface area contributed by atoms with E-state index in [1.54, 1.807) is 0 Å². The van der Waals surface area contributed by atoms with Crippen LogP contribution >= 0.6 is 11.8 Å². The molecule has 0 bridgehead atoms. The van der Waals surface area contributed by atoms with Gasteiger partial charge in [0, 0.05) is 5.75 Å². The van der Waals surface area contributed by atoms with Crippen molar-refractivity contribution in [1.29, 1.82) is 0 Å². The van der Waals surface area contributed by atoms with Gasteiger partial charge in [-0.25, -0.2) is 0 Å². The highest BCUT2D eigenvalue weighted by Crippen LogP contribution is 2.31. The molecule has 0 unspecified atom stereocenters. The fourth-order valence-electron chi connectivity index (χ4n) is 0.957. The number of nitrogens with zero attached hydrogens (tertiary/aromatic N) is 1. The van der Waals surface area contributed by atoms with Gasteiger partial charge in [-0.15, -0.1) is 11.8 Å². The number of hydrogen-bond acceptors (Lipinski definition) is 2. The van der Waals surface area contributed by atoms with E-state index >= 15 is 0 Å². The quantitative estimate of drug-likeness (QED) is 0.600. The summed E-state index contributed by atoms with van der Waals surface area (Å²) in [5.41, 5.74) is 2.39. The lowest BCUT2D eigenvalue weighted by molar-refractivity contribution is 0.298. The molecule has 0 fully saturated rings. The fourth-order valence-corrected chi connectivity index (χ4v) is 2.00. The lowest BCUT2D eigenvalue weighted by Gasteiger charge is -2.27. The van der Waals surface area contributed by atoms with Gasteiger partial charge in [0.05, 0.1) is 11.6 Å². The predicted molar refractivity (Wildman–Crippen MR) is 48.8 cm³/mol. The zero-order valence-electron chi connectivity index (χ0n) is 6.92. The molecule has 58 valence electrons. The summed E-state index contributed by atoms with van der Waals surface area (Å²) in [6.45, 7) is 6.82. The molecule has 0 N–H and O–H groups in total. The first-order valence-corrected chi connectivity index (χ1v) is 4.85. The smallest absolute Gasteiger partial charge is 0.0650 e. The van der Waals surface area contributed by atoms with Gasteiger partial charge in [0.2, 0.25) is 0 Å². The summed E-state index contributed by atoms with van der Waals surface area (Å²) in [5.74, 6) is 1.18. The van der Waals surface area contributed by atoms with Crippen LogP contribution in [0, 0.1) is 5.41 Å². The molecule has 0 aromatic carbocycles. The largest absolute Gasteiger partial charge is 0.282 e. The highest BCUT2D eigenvalue weighted by molar-refractivity contribution is 8.12. The molecular weight excluding hydrogens is 142 g/mol.